The first kappa shape index (κ1) is 12.6. The minimum atomic E-state index is -0.432. The topological polar surface area (TPSA) is 41.5 Å². The molecule has 1 fully saturated rings. The van der Waals surface area contributed by atoms with Gasteiger partial charge in [0.05, 0.1) is 12.7 Å². The molecule has 94 valence electrons. The van der Waals surface area contributed by atoms with Crippen LogP contribution in [0.5, 0.6) is 0 Å². The lowest BCUT2D eigenvalue weighted by molar-refractivity contribution is 0.169. The highest BCUT2D eigenvalue weighted by Gasteiger charge is 2.44. The Hall–Kier alpha value is -0.900. The van der Waals surface area contributed by atoms with Crippen LogP contribution in [0.2, 0.25) is 0 Å². The van der Waals surface area contributed by atoms with Crippen LogP contribution in [0.25, 0.3) is 0 Å². The van der Waals surface area contributed by atoms with Gasteiger partial charge >= 0.3 is 0 Å². The summed E-state index contributed by atoms with van der Waals surface area (Å²) in [6.45, 7) is 1.36. The van der Waals surface area contributed by atoms with Crippen molar-refractivity contribution < 1.29 is 9.84 Å². The van der Waals surface area contributed by atoms with E-state index in [-0.39, 0.29) is 5.41 Å². The molecule has 0 saturated heterocycles. The lowest BCUT2D eigenvalue weighted by atomic mass is 9.94. The third kappa shape index (κ3) is 2.68. The third-order valence-corrected chi connectivity index (χ3v) is 3.56. The molecule has 1 atom stereocenters. The number of rotatable bonds is 6. The van der Waals surface area contributed by atoms with Crippen LogP contribution in [0.1, 0.15) is 30.1 Å². The molecule has 0 bridgehead atoms. The maximum Gasteiger partial charge on any atom is 0.0914 e. The molecule has 3 heteroatoms. The zero-order valence-electron chi connectivity index (χ0n) is 10.6. The van der Waals surface area contributed by atoms with Crippen molar-refractivity contribution >= 4 is 0 Å². The van der Waals surface area contributed by atoms with Crippen LogP contribution >= 0.6 is 0 Å². The molecule has 0 aromatic heterocycles. The van der Waals surface area contributed by atoms with Crippen LogP contribution in [0.4, 0.5) is 0 Å². The first-order valence-corrected chi connectivity index (χ1v) is 6.14. The number of nitrogens with one attached hydrogen (secondary N) is 1. The van der Waals surface area contributed by atoms with Gasteiger partial charge in [-0.15, -0.1) is 0 Å². The molecule has 0 spiro atoms. The monoisotopic (exact) mass is 235 g/mol. The predicted octanol–water partition coefficient (Wildman–Crippen LogP) is 1.62. The van der Waals surface area contributed by atoms with Crippen LogP contribution in [0.3, 0.4) is 0 Å². The lowest BCUT2D eigenvalue weighted by Crippen LogP contribution is -2.18. The second-order valence-corrected chi connectivity index (χ2v) is 4.91. The SMILES string of the molecule is CNCC(O)c1cccc(C2(COC)CC2)c1. The fourth-order valence-corrected chi connectivity index (χ4v) is 2.33. The summed E-state index contributed by atoms with van der Waals surface area (Å²) in [5, 5.41) is 13.0. The fourth-order valence-electron chi connectivity index (χ4n) is 2.33. The van der Waals surface area contributed by atoms with E-state index >= 15 is 0 Å². The smallest absolute Gasteiger partial charge is 0.0914 e. The number of aliphatic hydroxyl groups excluding tert-OH is 1. The minimum absolute atomic E-state index is 0.212. The van der Waals surface area contributed by atoms with Crippen LogP contribution in [0.15, 0.2) is 24.3 Å². The molecule has 0 radical (unpaired) electrons. The number of ether oxygens (including phenoxy) is 1. The Balaban J connectivity index is 2.17. The Morgan fingerprint density at radius 2 is 2.24 bits per heavy atom. The number of likely N-dealkylation sites (N-methyl/N-ethyl adjacent to an activating group) is 1. The van der Waals surface area contributed by atoms with Gasteiger partial charge in [0, 0.05) is 19.1 Å². The summed E-state index contributed by atoms with van der Waals surface area (Å²) in [5.41, 5.74) is 2.50. The van der Waals surface area contributed by atoms with Crippen molar-refractivity contribution in [1.82, 2.24) is 5.32 Å². The fraction of sp³-hybridized carbons (Fsp3) is 0.571. The van der Waals surface area contributed by atoms with Crippen molar-refractivity contribution in [2.45, 2.75) is 24.4 Å². The van der Waals surface area contributed by atoms with Crippen molar-refractivity contribution in [2.24, 2.45) is 0 Å². The average molecular weight is 235 g/mol. The predicted molar refractivity (Wildman–Crippen MR) is 68.1 cm³/mol. The summed E-state index contributed by atoms with van der Waals surface area (Å²) in [6, 6.07) is 8.27. The van der Waals surface area contributed by atoms with E-state index in [1.54, 1.807) is 7.11 Å². The van der Waals surface area contributed by atoms with Crippen molar-refractivity contribution in [3.8, 4) is 0 Å². The van der Waals surface area contributed by atoms with Crippen molar-refractivity contribution in [3.63, 3.8) is 0 Å². The zero-order chi connectivity index (χ0) is 12.3. The number of hydrogen-bond acceptors (Lipinski definition) is 3. The van der Waals surface area contributed by atoms with E-state index in [9.17, 15) is 5.11 Å². The van der Waals surface area contributed by atoms with Gasteiger partial charge in [-0.05, 0) is 31.0 Å². The second kappa shape index (κ2) is 5.17. The van der Waals surface area contributed by atoms with Gasteiger partial charge in [0.1, 0.15) is 0 Å². The van der Waals surface area contributed by atoms with E-state index in [0.717, 1.165) is 12.2 Å². The lowest BCUT2D eigenvalue weighted by Gasteiger charge is -2.17. The van der Waals surface area contributed by atoms with Gasteiger partial charge in [0.25, 0.3) is 0 Å². The molecular formula is C14H21NO2. The Kier molecular flexibility index (Phi) is 3.82. The highest BCUT2D eigenvalue weighted by atomic mass is 16.5. The number of methoxy groups -OCH3 is 1. The molecule has 1 aromatic rings. The zero-order valence-corrected chi connectivity index (χ0v) is 10.6. The summed E-state index contributed by atoms with van der Waals surface area (Å²) in [4.78, 5) is 0. The molecule has 1 aliphatic rings. The molecule has 0 heterocycles. The Morgan fingerprint density at radius 1 is 1.47 bits per heavy atom. The van der Waals surface area contributed by atoms with Crippen LogP contribution in [-0.4, -0.2) is 32.4 Å². The third-order valence-electron chi connectivity index (χ3n) is 3.56. The van der Waals surface area contributed by atoms with Crippen LogP contribution in [0, 0.1) is 0 Å². The van der Waals surface area contributed by atoms with Gasteiger partial charge in [-0.1, -0.05) is 24.3 Å². The molecular weight excluding hydrogens is 214 g/mol. The van der Waals surface area contributed by atoms with Gasteiger partial charge in [-0.2, -0.15) is 0 Å². The van der Waals surface area contributed by atoms with Crippen molar-refractivity contribution in [3.05, 3.63) is 35.4 Å². The maximum atomic E-state index is 9.97. The summed E-state index contributed by atoms with van der Waals surface area (Å²) < 4.78 is 5.30. The van der Waals surface area contributed by atoms with Crippen molar-refractivity contribution in [1.29, 1.82) is 0 Å². The molecule has 2 rings (SSSR count). The molecule has 1 saturated carbocycles. The van der Waals surface area contributed by atoms with Crippen LogP contribution in [-0.2, 0) is 10.2 Å². The van der Waals surface area contributed by atoms with Crippen molar-refractivity contribution in [2.75, 3.05) is 27.3 Å². The van der Waals surface area contributed by atoms with E-state index in [4.69, 9.17) is 4.74 Å². The number of aliphatic hydroxyl groups is 1. The maximum absolute atomic E-state index is 9.97. The highest BCUT2D eigenvalue weighted by molar-refractivity contribution is 5.35. The summed E-state index contributed by atoms with van der Waals surface area (Å²) in [6.07, 6.45) is 1.94. The Labute approximate surface area is 103 Å². The Bertz CT molecular complexity index is 374. The first-order valence-electron chi connectivity index (χ1n) is 6.14. The largest absolute Gasteiger partial charge is 0.387 e. The van der Waals surface area contributed by atoms with Gasteiger partial charge in [-0.3, -0.25) is 0 Å². The van der Waals surface area contributed by atoms with E-state index in [1.165, 1.54) is 18.4 Å². The molecule has 1 unspecified atom stereocenters. The molecule has 0 amide bonds. The second-order valence-electron chi connectivity index (χ2n) is 4.91. The van der Waals surface area contributed by atoms with E-state index in [0.29, 0.717) is 6.54 Å². The van der Waals surface area contributed by atoms with Gasteiger partial charge in [0.15, 0.2) is 0 Å². The molecule has 1 aromatic carbocycles. The normalized spacial score (nSPS) is 19.0. The number of hydrogen-bond donors (Lipinski definition) is 2. The Morgan fingerprint density at radius 3 is 2.82 bits per heavy atom. The summed E-state index contributed by atoms with van der Waals surface area (Å²) >= 11 is 0. The molecule has 17 heavy (non-hydrogen) atoms. The number of benzene rings is 1. The summed E-state index contributed by atoms with van der Waals surface area (Å²) in [7, 11) is 3.60. The molecule has 3 nitrogen and oxygen atoms in total. The summed E-state index contributed by atoms with van der Waals surface area (Å²) in [5.74, 6) is 0. The van der Waals surface area contributed by atoms with E-state index in [2.05, 4.69) is 17.4 Å². The van der Waals surface area contributed by atoms with Gasteiger partial charge in [-0.25, -0.2) is 0 Å². The van der Waals surface area contributed by atoms with Gasteiger partial charge in [0.2, 0.25) is 0 Å². The standard InChI is InChI=1S/C14H21NO2/c1-15-9-13(16)11-4-3-5-12(8-11)14(6-7-14)10-17-2/h3-5,8,13,15-16H,6-7,9-10H2,1-2H3. The van der Waals surface area contributed by atoms with Gasteiger partial charge < -0.3 is 15.2 Å². The van der Waals surface area contributed by atoms with Crippen LogP contribution < -0.4 is 5.32 Å². The molecule has 1 aliphatic carbocycles. The van der Waals surface area contributed by atoms with E-state index in [1.807, 2.05) is 19.2 Å². The molecule has 2 N–H and O–H groups in total. The first-order chi connectivity index (χ1) is 8.22. The highest BCUT2D eigenvalue weighted by Crippen LogP contribution is 2.48. The molecule has 0 aliphatic heterocycles. The minimum Gasteiger partial charge on any atom is -0.387 e. The average Bonchev–Trinajstić information content (AvgIpc) is 3.11. The van der Waals surface area contributed by atoms with E-state index < -0.39 is 6.10 Å². The quantitative estimate of drug-likeness (QED) is 0.787.